The molecule has 0 aromatic heterocycles. The second-order valence-electron chi connectivity index (χ2n) is 5.09. The van der Waals surface area contributed by atoms with E-state index in [1.165, 1.54) is 24.3 Å². The molecule has 4 nitrogen and oxygen atoms in total. The number of hydrogen-bond acceptors (Lipinski definition) is 3. The average Bonchev–Trinajstić information content (AvgIpc) is 2.95. The number of alkyl halides is 5. The molecule has 2 aliphatic rings. The normalized spacial score (nSPS) is 18.5. The summed E-state index contributed by atoms with van der Waals surface area (Å²) in [6.07, 6.45) is -5.51. The molecule has 0 saturated carbocycles. The van der Waals surface area contributed by atoms with E-state index in [2.05, 4.69) is 4.99 Å². The van der Waals surface area contributed by atoms with Crippen molar-refractivity contribution in [1.82, 2.24) is 4.90 Å². The van der Waals surface area contributed by atoms with Crippen LogP contribution in [0.5, 0.6) is 0 Å². The van der Waals surface area contributed by atoms with Crippen molar-refractivity contribution in [2.24, 2.45) is 4.99 Å². The number of rotatable bonds is 2. The van der Waals surface area contributed by atoms with Crippen LogP contribution in [-0.2, 0) is 4.79 Å². The van der Waals surface area contributed by atoms with E-state index >= 15 is 0 Å². The van der Waals surface area contributed by atoms with Gasteiger partial charge in [0.1, 0.15) is 5.70 Å². The quantitative estimate of drug-likeness (QED) is 0.753. The van der Waals surface area contributed by atoms with Crippen LogP contribution >= 0.6 is 11.6 Å². The molecule has 1 aromatic carbocycles. The number of nitrogens with zero attached hydrogens (tertiary/aromatic N) is 3. The summed E-state index contributed by atoms with van der Waals surface area (Å²) >= 11 is 5.75. The van der Waals surface area contributed by atoms with Crippen molar-refractivity contribution in [3.05, 3.63) is 41.1 Å². The molecule has 0 bridgehead atoms. The number of amides is 1. The summed E-state index contributed by atoms with van der Waals surface area (Å²) in [6, 6.07) is 5.82. The molecule has 2 heterocycles. The number of fused-ring (bicyclic) bond motifs is 1. The van der Waals surface area contributed by atoms with E-state index in [0.29, 0.717) is 16.0 Å². The predicted octanol–water partition coefficient (Wildman–Crippen LogP) is 3.44. The van der Waals surface area contributed by atoms with Crippen LogP contribution in [0.15, 0.2) is 41.0 Å². The van der Waals surface area contributed by atoms with Gasteiger partial charge in [-0.25, -0.2) is 4.90 Å². The second kappa shape index (κ2) is 5.44. The van der Waals surface area contributed by atoms with E-state index in [4.69, 9.17) is 11.6 Å². The lowest BCUT2D eigenvalue weighted by Crippen LogP contribution is -2.55. The Bertz CT molecular complexity index is 742. The highest BCUT2D eigenvalue weighted by molar-refractivity contribution is 6.30. The Kier molecular flexibility index (Phi) is 3.78. The Balaban J connectivity index is 2.07. The Morgan fingerprint density at radius 3 is 2.29 bits per heavy atom. The Morgan fingerprint density at radius 1 is 1.08 bits per heavy atom. The maximum Gasteiger partial charge on any atom is 0.459 e. The van der Waals surface area contributed by atoms with Gasteiger partial charge < -0.3 is 4.90 Å². The van der Waals surface area contributed by atoms with Crippen LogP contribution in [0.4, 0.5) is 27.6 Å². The SMILES string of the molecule is O=C1C=C(C(F)(F)C(F)(F)F)N2CCN=C2N1c1ccc(Cl)cc1. The first kappa shape index (κ1) is 16.7. The Labute approximate surface area is 137 Å². The van der Waals surface area contributed by atoms with E-state index < -0.39 is 23.7 Å². The van der Waals surface area contributed by atoms with E-state index in [0.717, 1.165) is 4.90 Å². The largest absolute Gasteiger partial charge is 0.459 e. The standard InChI is InChI=1S/C14H9ClF5N3O/c15-8-1-3-9(4-2-8)23-11(24)7-10(13(16,17)14(18,19)20)22-6-5-21-12(22)23/h1-4,7H,5-6H2. The van der Waals surface area contributed by atoms with Gasteiger partial charge in [-0.3, -0.25) is 9.79 Å². The molecule has 128 valence electrons. The molecular formula is C14H9ClF5N3O. The van der Waals surface area contributed by atoms with Gasteiger partial charge in [0.25, 0.3) is 5.91 Å². The first-order valence-electron chi connectivity index (χ1n) is 6.71. The topological polar surface area (TPSA) is 35.9 Å². The highest BCUT2D eigenvalue weighted by Gasteiger charge is 2.63. The summed E-state index contributed by atoms with van der Waals surface area (Å²) in [7, 11) is 0. The Morgan fingerprint density at radius 2 is 1.71 bits per heavy atom. The number of hydrogen-bond donors (Lipinski definition) is 0. The molecule has 0 atom stereocenters. The first-order chi connectivity index (χ1) is 11.1. The molecule has 24 heavy (non-hydrogen) atoms. The molecule has 1 aromatic rings. The molecule has 10 heteroatoms. The zero-order valence-electron chi connectivity index (χ0n) is 11.8. The van der Waals surface area contributed by atoms with Crippen molar-refractivity contribution in [2.75, 3.05) is 18.0 Å². The number of guanidine groups is 1. The fourth-order valence-corrected chi connectivity index (χ4v) is 2.58. The molecule has 0 unspecified atom stereocenters. The van der Waals surface area contributed by atoms with Crippen LogP contribution in [-0.4, -0.2) is 42.0 Å². The van der Waals surface area contributed by atoms with Gasteiger partial charge in [-0.05, 0) is 24.3 Å². The summed E-state index contributed by atoms with van der Waals surface area (Å²) in [6.45, 7) is -0.178. The number of carbonyl (C=O) groups excluding carboxylic acids is 1. The summed E-state index contributed by atoms with van der Waals surface area (Å²) in [5, 5.41) is 0.383. The van der Waals surface area contributed by atoms with E-state index in [1.54, 1.807) is 0 Å². The number of anilines is 1. The van der Waals surface area contributed by atoms with Crippen LogP contribution < -0.4 is 4.90 Å². The molecule has 0 N–H and O–H groups in total. The molecular weight excluding hydrogens is 357 g/mol. The van der Waals surface area contributed by atoms with Gasteiger partial charge in [0, 0.05) is 17.6 Å². The number of benzene rings is 1. The van der Waals surface area contributed by atoms with Gasteiger partial charge in [0.2, 0.25) is 5.96 Å². The average molecular weight is 366 g/mol. The molecule has 0 saturated heterocycles. The first-order valence-corrected chi connectivity index (χ1v) is 7.09. The lowest BCUT2D eigenvalue weighted by atomic mass is 10.1. The molecule has 0 fully saturated rings. The minimum atomic E-state index is -5.81. The van der Waals surface area contributed by atoms with Gasteiger partial charge in [-0.1, -0.05) is 11.6 Å². The van der Waals surface area contributed by atoms with Crippen molar-refractivity contribution in [2.45, 2.75) is 12.1 Å². The minimum absolute atomic E-state index is 0.00200. The van der Waals surface area contributed by atoms with E-state index in [9.17, 15) is 26.7 Å². The summed E-state index contributed by atoms with van der Waals surface area (Å²) in [5.41, 5.74) is -1.15. The lowest BCUT2D eigenvalue weighted by Gasteiger charge is -2.37. The van der Waals surface area contributed by atoms with Crippen LogP contribution in [0.3, 0.4) is 0 Å². The maximum absolute atomic E-state index is 13.7. The fourth-order valence-electron chi connectivity index (χ4n) is 2.45. The number of allylic oxidation sites excluding steroid dienone is 1. The highest BCUT2D eigenvalue weighted by atomic mass is 35.5. The van der Waals surface area contributed by atoms with Gasteiger partial charge in [-0.15, -0.1) is 0 Å². The van der Waals surface area contributed by atoms with Crippen LogP contribution in [0.25, 0.3) is 0 Å². The van der Waals surface area contributed by atoms with Gasteiger partial charge in [0.15, 0.2) is 0 Å². The smallest absolute Gasteiger partial charge is 0.308 e. The monoisotopic (exact) mass is 365 g/mol. The molecule has 2 aliphatic heterocycles. The van der Waals surface area contributed by atoms with Crippen molar-refractivity contribution in [3.63, 3.8) is 0 Å². The zero-order valence-corrected chi connectivity index (χ0v) is 12.6. The van der Waals surface area contributed by atoms with E-state index in [1.807, 2.05) is 0 Å². The number of halogens is 6. The summed E-state index contributed by atoms with van der Waals surface area (Å²) < 4.78 is 65.5. The third kappa shape index (κ3) is 2.52. The highest BCUT2D eigenvalue weighted by Crippen LogP contribution is 2.44. The van der Waals surface area contributed by atoms with Crippen molar-refractivity contribution >= 4 is 29.2 Å². The van der Waals surface area contributed by atoms with Crippen molar-refractivity contribution < 1.29 is 26.7 Å². The van der Waals surface area contributed by atoms with Crippen LogP contribution in [0.2, 0.25) is 5.02 Å². The molecule has 1 amide bonds. The second-order valence-corrected chi connectivity index (χ2v) is 5.52. The van der Waals surface area contributed by atoms with Gasteiger partial charge in [-0.2, -0.15) is 22.0 Å². The third-order valence-corrected chi connectivity index (χ3v) is 3.80. The lowest BCUT2D eigenvalue weighted by molar-refractivity contribution is -0.269. The maximum atomic E-state index is 13.7. The number of aliphatic imine (C=N–C) groups is 1. The molecule has 0 radical (unpaired) electrons. The van der Waals surface area contributed by atoms with Crippen molar-refractivity contribution in [3.8, 4) is 0 Å². The van der Waals surface area contributed by atoms with Crippen LogP contribution in [0, 0.1) is 0 Å². The fraction of sp³-hybridized carbons (Fsp3) is 0.286. The molecule has 0 aliphatic carbocycles. The summed E-state index contributed by atoms with van der Waals surface area (Å²) in [5.74, 6) is -6.45. The van der Waals surface area contributed by atoms with Crippen LogP contribution in [0.1, 0.15) is 0 Å². The zero-order chi connectivity index (χ0) is 17.7. The van der Waals surface area contributed by atoms with E-state index in [-0.39, 0.29) is 24.7 Å². The Hall–Kier alpha value is -2.16. The minimum Gasteiger partial charge on any atom is -0.308 e. The number of carbonyl (C=O) groups is 1. The predicted molar refractivity (Wildman–Crippen MR) is 77.0 cm³/mol. The van der Waals surface area contributed by atoms with Crippen molar-refractivity contribution in [1.29, 1.82) is 0 Å². The molecule has 3 rings (SSSR count). The van der Waals surface area contributed by atoms with Gasteiger partial charge in [0.05, 0.1) is 12.2 Å². The summed E-state index contributed by atoms with van der Waals surface area (Å²) in [4.78, 5) is 17.8. The molecule has 0 spiro atoms. The third-order valence-electron chi connectivity index (χ3n) is 3.55. The van der Waals surface area contributed by atoms with Gasteiger partial charge >= 0.3 is 12.1 Å².